The summed E-state index contributed by atoms with van der Waals surface area (Å²) in [7, 11) is 0. The third kappa shape index (κ3) is 3.93. The predicted octanol–water partition coefficient (Wildman–Crippen LogP) is 4.06. The molecule has 1 unspecified atom stereocenters. The molecule has 132 valence electrons. The van der Waals surface area contributed by atoms with Crippen molar-refractivity contribution in [3.63, 3.8) is 0 Å². The summed E-state index contributed by atoms with van der Waals surface area (Å²) in [5.41, 5.74) is 1.68. The summed E-state index contributed by atoms with van der Waals surface area (Å²) < 4.78 is 0. The van der Waals surface area contributed by atoms with E-state index in [1.807, 2.05) is 18.2 Å². The maximum atomic E-state index is 10.1. The van der Waals surface area contributed by atoms with Crippen molar-refractivity contribution in [2.75, 3.05) is 13.1 Å². The maximum absolute atomic E-state index is 10.1. The Labute approximate surface area is 155 Å². The van der Waals surface area contributed by atoms with Gasteiger partial charge >= 0.3 is 0 Å². The molecule has 3 rings (SSSR count). The van der Waals surface area contributed by atoms with E-state index >= 15 is 0 Å². The van der Waals surface area contributed by atoms with Gasteiger partial charge in [-0.15, -0.1) is 0 Å². The van der Waals surface area contributed by atoms with Crippen LogP contribution < -0.4 is 0 Å². The first kappa shape index (κ1) is 18.1. The number of aromatic nitrogens is 1. The molecule has 0 saturated carbocycles. The molecule has 1 atom stereocenters. The highest BCUT2D eigenvalue weighted by Gasteiger charge is 2.42. The van der Waals surface area contributed by atoms with Crippen molar-refractivity contribution in [2.45, 2.75) is 37.6 Å². The quantitative estimate of drug-likeness (QED) is 0.793. The zero-order chi connectivity index (χ0) is 18.2. The van der Waals surface area contributed by atoms with Crippen LogP contribution in [0.4, 0.5) is 0 Å². The van der Waals surface area contributed by atoms with Crippen molar-refractivity contribution in [2.24, 2.45) is 5.92 Å². The first-order valence-corrected chi connectivity index (χ1v) is 9.23. The Hall–Kier alpha value is -2.69. The Morgan fingerprint density at radius 3 is 2.46 bits per heavy atom. The first-order valence-electron chi connectivity index (χ1n) is 9.23. The van der Waals surface area contributed by atoms with Gasteiger partial charge in [0, 0.05) is 25.4 Å². The Morgan fingerprint density at radius 1 is 1.08 bits per heavy atom. The summed E-state index contributed by atoms with van der Waals surface area (Å²) >= 11 is 0. The number of hydrogen-bond donors (Lipinski definition) is 0. The Bertz CT molecular complexity index is 767. The molecular formula is C22H24N4. The van der Waals surface area contributed by atoms with Crippen LogP contribution in [0.1, 0.15) is 36.8 Å². The summed E-state index contributed by atoms with van der Waals surface area (Å²) in [6.07, 6.45) is 6.46. The second-order valence-electron chi connectivity index (χ2n) is 7.02. The largest absolute Gasteiger partial charge is 0.299 e. The molecule has 0 bridgehead atoms. The van der Waals surface area contributed by atoms with Crippen molar-refractivity contribution in [3.05, 3.63) is 66.0 Å². The molecule has 1 aliphatic heterocycles. The molecule has 2 heterocycles. The van der Waals surface area contributed by atoms with E-state index in [0.29, 0.717) is 12.8 Å². The smallest absolute Gasteiger partial charge is 0.0875 e. The molecule has 1 saturated heterocycles. The Balaban J connectivity index is 1.73. The van der Waals surface area contributed by atoms with Gasteiger partial charge in [0.25, 0.3) is 0 Å². The van der Waals surface area contributed by atoms with E-state index in [0.717, 1.165) is 38.0 Å². The molecule has 0 N–H and O–H groups in total. The Morgan fingerprint density at radius 2 is 1.85 bits per heavy atom. The van der Waals surface area contributed by atoms with Crippen molar-refractivity contribution in [1.82, 2.24) is 9.88 Å². The third-order valence-corrected chi connectivity index (χ3v) is 5.54. The van der Waals surface area contributed by atoms with Gasteiger partial charge in [-0.05, 0) is 55.5 Å². The standard InChI is InChI=1S/C22H24N4/c23-12-5-11-22(18-24,21-8-4-13-25-16-21)20-9-14-26(15-10-20)17-19-6-2-1-3-7-19/h1-4,6-8,13,16,20H,5,9-11,14-15,17H2. The number of piperidine rings is 1. The van der Waals surface area contributed by atoms with Crippen LogP contribution in [0.15, 0.2) is 54.9 Å². The van der Waals surface area contributed by atoms with E-state index in [4.69, 9.17) is 5.26 Å². The molecule has 1 aromatic heterocycles. The van der Waals surface area contributed by atoms with Crippen LogP contribution in [0.3, 0.4) is 0 Å². The monoisotopic (exact) mass is 344 g/mol. The van der Waals surface area contributed by atoms with Gasteiger partial charge in [-0.2, -0.15) is 10.5 Å². The zero-order valence-electron chi connectivity index (χ0n) is 15.0. The number of pyridine rings is 1. The van der Waals surface area contributed by atoms with Gasteiger partial charge in [-0.1, -0.05) is 36.4 Å². The van der Waals surface area contributed by atoms with E-state index in [1.165, 1.54) is 5.56 Å². The zero-order valence-corrected chi connectivity index (χ0v) is 15.0. The Kier molecular flexibility index (Phi) is 6.00. The minimum atomic E-state index is -0.608. The van der Waals surface area contributed by atoms with Crippen LogP contribution in [-0.4, -0.2) is 23.0 Å². The van der Waals surface area contributed by atoms with Gasteiger partial charge in [0.1, 0.15) is 0 Å². The molecule has 0 spiro atoms. The van der Waals surface area contributed by atoms with Crippen LogP contribution in [0.25, 0.3) is 0 Å². The van der Waals surface area contributed by atoms with Gasteiger partial charge in [0.2, 0.25) is 0 Å². The fourth-order valence-electron chi connectivity index (χ4n) is 4.10. The fraction of sp³-hybridized carbons (Fsp3) is 0.409. The summed E-state index contributed by atoms with van der Waals surface area (Å²) in [6, 6.07) is 19.2. The maximum Gasteiger partial charge on any atom is 0.0875 e. The first-order chi connectivity index (χ1) is 12.8. The third-order valence-electron chi connectivity index (χ3n) is 5.54. The molecular weight excluding hydrogens is 320 g/mol. The van der Waals surface area contributed by atoms with Crippen molar-refractivity contribution < 1.29 is 0 Å². The average Bonchev–Trinajstić information content (AvgIpc) is 2.71. The van der Waals surface area contributed by atoms with E-state index in [9.17, 15) is 5.26 Å². The van der Waals surface area contributed by atoms with E-state index in [1.54, 1.807) is 12.4 Å². The molecule has 0 amide bonds. The van der Waals surface area contributed by atoms with Gasteiger partial charge in [0.15, 0.2) is 0 Å². The number of nitrogens with zero attached hydrogens (tertiary/aromatic N) is 4. The lowest BCUT2D eigenvalue weighted by atomic mass is 9.65. The molecule has 4 nitrogen and oxygen atoms in total. The fourth-order valence-corrected chi connectivity index (χ4v) is 4.10. The average molecular weight is 344 g/mol. The van der Waals surface area contributed by atoms with Crippen LogP contribution in [0, 0.1) is 28.6 Å². The summed E-state index contributed by atoms with van der Waals surface area (Å²) in [5, 5.41) is 19.2. The highest BCUT2D eigenvalue weighted by molar-refractivity contribution is 5.32. The van der Waals surface area contributed by atoms with E-state index < -0.39 is 5.41 Å². The van der Waals surface area contributed by atoms with Crippen LogP contribution in [-0.2, 0) is 12.0 Å². The normalized spacial score (nSPS) is 17.8. The molecule has 2 aromatic rings. The second kappa shape index (κ2) is 8.61. The minimum absolute atomic E-state index is 0.261. The van der Waals surface area contributed by atoms with Crippen LogP contribution >= 0.6 is 0 Å². The molecule has 1 aliphatic rings. The summed E-state index contributed by atoms with van der Waals surface area (Å²) in [4.78, 5) is 6.69. The van der Waals surface area contributed by atoms with Gasteiger partial charge in [-0.25, -0.2) is 0 Å². The number of nitriles is 2. The van der Waals surface area contributed by atoms with Gasteiger partial charge in [0.05, 0.1) is 17.6 Å². The lowest BCUT2D eigenvalue weighted by Crippen LogP contribution is -2.42. The SMILES string of the molecule is N#CCCC(C#N)(c1cccnc1)C1CCN(Cc2ccccc2)CC1. The number of benzene rings is 1. The second-order valence-corrected chi connectivity index (χ2v) is 7.02. The van der Waals surface area contributed by atoms with Crippen LogP contribution in [0.5, 0.6) is 0 Å². The molecule has 0 aliphatic carbocycles. The number of rotatable bonds is 6. The molecule has 1 fully saturated rings. The molecule has 26 heavy (non-hydrogen) atoms. The van der Waals surface area contributed by atoms with E-state index in [2.05, 4.69) is 46.3 Å². The molecule has 0 radical (unpaired) electrons. The summed E-state index contributed by atoms with van der Waals surface area (Å²) in [6.45, 7) is 2.92. The highest BCUT2D eigenvalue weighted by atomic mass is 15.1. The molecule has 1 aromatic carbocycles. The van der Waals surface area contributed by atoms with Gasteiger partial charge < -0.3 is 0 Å². The molecule has 4 heteroatoms. The predicted molar refractivity (Wildman–Crippen MR) is 101 cm³/mol. The highest BCUT2D eigenvalue weighted by Crippen LogP contribution is 2.41. The van der Waals surface area contributed by atoms with Crippen molar-refractivity contribution >= 4 is 0 Å². The lowest BCUT2D eigenvalue weighted by molar-refractivity contribution is 0.138. The van der Waals surface area contributed by atoms with Gasteiger partial charge in [-0.3, -0.25) is 9.88 Å². The number of likely N-dealkylation sites (tertiary alicyclic amines) is 1. The van der Waals surface area contributed by atoms with E-state index in [-0.39, 0.29) is 5.92 Å². The topological polar surface area (TPSA) is 63.7 Å². The van der Waals surface area contributed by atoms with Crippen LogP contribution in [0.2, 0.25) is 0 Å². The minimum Gasteiger partial charge on any atom is -0.299 e. The summed E-state index contributed by atoms with van der Waals surface area (Å²) in [5.74, 6) is 0.261. The van der Waals surface area contributed by atoms with Crippen molar-refractivity contribution in [1.29, 1.82) is 10.5 Å². The van der Waals surface area contributed by atoms with Crippen molar-refractivity contribution in [3.8, 4) is 12.1 Å². The number of hydrogen-bond acceptors (Lipinski definition) is 4. The lowest BCUT2D eigenvalue weighted by Gasteiger charge is -2.41.